The van der Waals surface area contributed by atoms with Crippen molar-refractivity contribution in [2.75, 3.05) is 24.5 Å². The minimum Gasteiger partial charge on any atom is -0.432 e. The lowest BCUT2D eigenvalue weighted by molar-refractivity contribution is 0.0882. The van der Waals surface area contributed by atoms with Crippen molar-refractivity contribution in [1.82, 2.24) is 25.2 Å². The Morgan fingerprint density at radius 1 is 1.38 bits per heavy atom. The van der Waals surface area contributed by atoms with E-state index in [2.05, 4.69) is 27.5 Å². The lowest BCUT2D eigenvalue weighted by Gasteiger charge is -2.34. The molecule has 2 aromatic heterocycles. The number of amides is 1. The molecule has 0 spiro atoms. The summed E-state index contributed by atoms with van der Waals surface area (Å²) in [5.41, 5.74) is 0.329. The van der Waals surface area contributed by atoms with E-state index in [1.54, 1.807) is 12.5 Å². The second-order valence-corrected chi connectivity index (χ2v) is 6.74. The van der Waals surface area contributed by atoms with Gasteiger partial charge in [-0.15, -0.1) is 0 Å². The molecule has 1 amide bonds. The summed E-state index contributed by atoms with van der Waals surface area (Å²) in [6.07, 6.45) is 6.92. The summed E-state index contributed by atoms with van der Waals surface area (Å²) < 4.78 is 7.39. The Morgan fingerprint density at radius 3 is 2.96 bits per heavy atom. The SMILES string of the molecule is CC1(NC(=O)c2cn3c(n2)CN(c2ncco2)CC3)CCNCC1. The van der Waals surface area contributed by atoms with E-state index in [1.807, 2.05) is 15.7 Å². The number of carbonyl (C=O) groups is 1. The zero-order chi connectivity index (χ0) is 16.6. The molecule has 8 nitrogen and oxygen atoms in total. The third kappa shape index (κ3) is 2.89. The van der Waals surface area contributed by atoms with E-state index in [0.717, 1.165) is 44.8 Å². The molecule has 128 valence electrons. The second kappa shape index (κ2) is 5.94. The monoisotopic (exact) mass is 330 g/mol. The number of aromatic nitrogens is 3. The molecule has 2 aliphatic rings. The van der Waals surface area contributed by atoms with E-state index >= 15 is 0 Å². The van der Waals surface area contributed by atoms with E-state index in [-0.39, 0.29) is 11.4 Å². The molecule has 0 radical (unpaired) electrons. The molecule has 0 aromatic carbocycles. The summed E-state index contributed by atoms with van der Waals surface area (Å²) in [5.74, 6) is 0.768. The van der Waals surface area contributed by atoms with Gasteiger partial charge < -0.3 is 24.5 Å². The summed E-state index contributed by atoms with van der Waals surface area (Å²) in [6.45, 7) is 6.11. The number of oxazole rings is 1. The number of hydrogen-bond acceptors (Lipinski definition) is 6. The molecule has 2 aromatic rings. The average Bonchev–Trinajstić information content (AvgIpc) is 3.24. The Balaban J connectivity index is 1.47. The Bertz CT molecular complexity index is 717. The highest BCUT2D eigenvalue weighted by Crippen LogP contribution is 2.21. The molecule has 2 N–H and O–H groups in total. The largest absolute Gasteiger partial charge is 0.432 e. The first-order valence-electron chi connectivity index (χ1n) is 8.37. The molecule has 24 heavy (non-hydrogen) atoms. The van der Waals surface area contributed by atoms with Crippen molar-refractivity contribution >= 4 is 11.9 Å². The van der Waals surface area contributed by atoms with Gasteiger partial charge in [0.1, 0.15) is 17.8 Å². The van der Waals surface area contributed by atoms with E-state index < -0.39 is 0 Å². The Labute approximate surface area is 140 Å². The Hall–Kier alpha value is -2.35. The smallest absolute Gasteiger partial charge is 0.297 e. The number of nitrogens with one attached hydrogen (secondary N) is 2. The molecule has 4 heterocycles. The summed E-state index contributed by atoms with van der Waals surface area (Å²) in [5, 5.41) is 6.48. The van der Waals surface area contributed by atoms with Crippen molar-refractivity contribution in [1.29, 1.82) is 0 Å². The first kappa shape index (κ1) is 15.2. The van der Waals surface area contributed by atoms with Crippen LogP contribution in [0.1, 0.15) is 36.1 Å². The van der Waals surface area contributed by atoms with Crippen LogP contribution in [0.2, 0.25) is 0 Å². The average molecular weight is 330 g/mol. The molecule has 2 aliphatic heterocycles. The van der Waals surface area contributed by atoms with Gasteiger partial charge in [-0.25, -0.2) is 9.97 Å². The van der Waals surface area contributed by atoms with Crippen LogP contribution in [0.3, 0.4) is 0 Å². The topological polar surface area (TPSA) is 88.2 Å². The van der Waals surface area contributed by atoms with Gasteiger partial charge in [0.2, 0.25) is 0 Å². The Kier molecular flexibility index (Phi) is 3.76. The van der Waals surface area contributed by atoms with Crippen LogP contribution in [0.25, 0.3) is 0 Å². The molecule has 4 rings (SSSR count). The van der Waals surface area contributed by atoms with Crippen molar-refractivity contribution in [3.63, 3.8) is 0 Å². The number of carbonyl (C=O) groups excluding carboxylic acids is 1. The van der Waals surface area contributed by atoms with Gasteiger partial charge in [0, 0.05) is 24.8 Å². The van der Waals surface area contributed by atoms with Crippen molar-refractivity contribution in [2.45, 2.75) is 38.4 Å². The highest BCUT2D eigenvalue weighted by Gasteiger charge is 2.30. The van der Waals surface area contributed by atoms with Crippen LogP contribution in [0.15, 0.2) is 23.1 Å². The fraction of sp³-hybridized carbons (Fsp3) is 0.562. The molecule has 0 saturated carbocycles. The van der Waals surface area contributed by atoms with Crippen LogP contribution < -0.4 is 15.5 Å². The van der Waals surface area contributed by atoms with E-state index in [9.17, 15) is 4.79 Å². The number of rotatable bonds is 3. The van der Waals surface area contributed by atoms with Crippen LogP contribution in [-0.2, 0) is 13.1 Å². The van der Waals surface area contributed by atoms with E-state index in [0.29, 0.717) is 18.3 Å². The summed E-state index contributed by atoms with van der Waals surface area (Å²) in [4.78, 5) is 23.3. The number of imidazole rings is 1. The van der Waals surface area contributed by atoms with Gasteiger partial charge in [0.15, 0.2) is 0 Å². The molecule has 1 fully saturated rings. The zero-order valence-electron chi connectivity index (χ0n) is 13.8. The van der Waals surface area contributed by atoms with Gasteiger partial charge >= 0.3 is 0 Å². The van der Waals surface area contributed by atoms with Crippen LogP contribution in [0.4, 0.5) is 6.01 Å². The predicted octanol–water partition coefficient (Wildman–Crippen LogP) is 0.763. The second-order valence-electron chi connectivity index (χ2n) is 6.74. The third-order valence-corrected chi connectivity index (χ3v) is 4.85. The van der Waals surface area contributed by atoms with Crippen molar-refractivity contribution in [3.8, 4) is 0 Å². The molecule has 0 bridgehead atoms. The summed E-state index contributed by atoms with van der Waals surface area (Å²) in [6, 6.07) is 0.595. The van der Waals surface area contributed by atoms with Crippen LogP contribution in [-0.4, -0.2) is 45.6 Å². The van der Waals surface area contributed by atoms with Gasteiger partial charge in [0.25, 0.3) is 11.9 Å². The highest BCUT2D eigenvalue weighted by atomic mass is 16.4. The molecule has 0 aliphatic carbocycles. The van der Waals surface area contributed by atoms with E-state index in [1.165, 1.54) is 0 Å². The molecular formula is C16H22N6O2. The van der Waals surface area contributed by atoms with Crippen molar-refractivity contribution in [2.24, 2.45) is 0 Å². The first-order chi connectivity index (χ1) is 11.6. The van der Waals surface area contributed by atoms with E-state index in [4.69, 9.17) is 4.42 Å². The number of fused-ring (bicyclic) bond motifs is 1. The van der Waals surface area contributed by atoms with Crippen LogP contribution >= 0.6 is 0 Å². The molecule has 0 unspecified atom stereocenters. The molecular weight excluding hydrogens is 308 g/mol. The minimum atomic E-state index is -0.156. The van der Waals surface area contributed by atoms with Gasteiger partial charge in [-0.05, 0) is 32.9 Å². The third-order valence-electron chi connectivity index (χ3n) is 4.85. The summed E-state index contributed by atoms with van der Waals surface area (Å²) >= 11 is 0. The van der Waals surface area contributed by atoms with Crippen molar-refractivity contribution in [3.05, 3.63) is 30.2 Å². The number of piperidine rings is 1. The van der Waals surface area contributed by atoms with Crippen LogP contribution in [0, 0.1) is 0 Å². The van der Waals surface area contributed by atoms with Crippen LogP contribution in [0.5, 0.6) is 0 Å². The quantitative estimate of drug-likeness (QED) is 0.864. The Morgan fingerprint density at radius 2 is 2.21 bits per heavy atom. The first-order valence-corrected chi connectivity index (χ1v) is 8.37. The molecule has 0 atom stereocenters. The van der Waals surface area contributed by atoms with Gasteiger partial charge in [-0.1, -0.05) is 0 Å². The standard InChI is InChI=1S/C16H22N6O2/c1-16(2-4-17-5-3-16)20-14(23)12-10-21-7-8-22(11-13(21)19-12)15-18-6-9-24-15/h6,9-10,17H,2-5,7-8,11H2,1H3,(H,20,23). The van der Waals surface area contributed by atoms with Gasteiger partial charge in [0.05, 0.1) is 12.7 Å². The number of nitrogens with zero attached hydrogens (tertiary/aromatic N) is 4. The molecule has 8 heteroatoms. The number of anilines is 1. The predicted molar refractivity (Wildman–Crippen MR) is 87.8 cm³/mol. The lowest BCUT2D eigenvalue weighted by Crippen LogP contribution is -2.52. The summed E-state index contributed by atoms with van der Waals surface area (Å²) in [7, 11) is 0. The van der Waals surface area contributed by atoms with Gasteiger partial charge in [-0.3, -0.25) is 4.79 Å². The highest BCUT2D eigenvalue weighted by molar-refractivity contribution is 5.92. The molecule has 1 saturated heterocycles. The minimum absolute atomic E-state index is 0.0935. The van der Waals surface area contributed by atoms with Crippen molar-refractivity contribution < 1.29 is 9.21 Å². The fourth-order valence-corrected chi connectivity index (χ4v) is 3.34. The normalized spacial score (nSPS) is 19.8. The zero-order valence-corrected chi connectivity index (χ0v) is 13.8. The lowest BCUT2D eigenvalue weighted by atomic mass is 9.90. The fourth-order valence-electron chi connectivity index (χ4n) is 3.34. The van der Waals surface area contributed by atoms with Gasteiger partial charge in [-0.2, -0.15) is 0 Å². The maximum Gasteiger partial charge on any atom is 0.297 e. The number of hydrogen-bond donors (Lipinski definition) is 2. The maximum atomic E-state index is 12.6. The maximum absolute atomic E-state index is 12.6.